The lowest BCUT2D eigenvalue weighted by Gasteiger charge is -2.25. The number of carbonyl (C=O) groups excluding carboxylic acids is 2. The van der Waals surface area contributed by atoms with Crippen LogP contribution in [0.1, 0.15) is 25.8 Å². The van der Waals surface area contributed by atoms with E-state index in [9.17, 15) is 9.59 Å². The monoisotopic (exact) mass is 347 g/mol. The summed E-state index contributed by atoms with van der Waals surface area (Å²) in [6.07, 6.45) is 2.70. The van der Waals surface area contributed by atoms with Crippen LogP contribution in [0.2, 0.25) is 0 Å². The van der Waals surface area contributed by atoms with Crippen molar-refractivity contribution < 1.29 is 14.3 Å². The lowest BCUT2D eigenvalue weighted by atomic mass is 10.1. The average molecular weight is 347 g/mol. The van der Waals surface area contributed by atoms with Crippen LogP contribution in [0, 0.1) is 0 Å². The molecule has 1 aromatic carbocycles. The van der Waals surface area contributed by atoms with E-state index in [1.54, 1.807) is 6.08 Å². The Balaban J connectivity index is 2.03. The number of amides is 2. The molecule has 6 nitrogen and oxygen atoms in total. The van der Waals surface area contributed by atoms with Crippen molar-refractivity contribution in [3.05, 3.63) is 28.7 Å². The first-order valence-electron chi connectivity index (χ1n) is 7.99. The minimum absolute atomic E-state index is 0.0358. The third-order valence-electron chi connectivity index (χ3n) is 3.86. The van der Waals surface area contributed by atoms with Crippen molar-refractivity contribution in [1.82, 2.24) is 5.32 Å². The molecule has 3 rings (SSSR count). The van der Waals surface area contributed by atoms with E-state index in [2.05, 4.69) is 10.2 Å². The van der Waals surface area contributed by atoms with Crippen molar-refractivity contribution in [3.63, 3.8) is 0 Å². The third kappa shape index (κ3) is 3.57. The summed E-state index contributed by atoms with van der Waals surface area (Å²) >= 11 is 0.918. The lowest BCUT2D eigenvalue weighted by molar-refractivity contribution is -0.115. The molecule has 0 spiro atoms. The van der Waals surface area contributed by atoms with Crippen LogP contribution in [-0.2, 0) is 4.79 Å². The second-order valence-electron chi connectivity index (χ2n) is 6.21. The summed E-state index contributed by atoms with van der Waals surface area (Å²) in [5.41, 5.74) is 7.84. The first-order chi connectivity index (χ1) is 11.4. The molecule has 7 heteroatoms. The van der Waals surface area contributed by atoms with E-state index in [4.69, 9.17) is 10.5 Å². The summed E-state index contributed by atoms with van der Waals surface area (Å²) in [4.78, 5) is 25.8. The van der Waals surface area contributed by atoms with E-state index in [-0.39, 0.29) is 23.3 Å². The largest absolute Gasteiger partial charge is 0.489 e. The Morgan fingerprint density at radius 3 is 2.79 bits per heavy atom. The highest BCUT2D eigenvalue weighted by Crippen LogP contribution is 2.38. The molecule has 24 heavy (non-hydrogen) atoms. The zero-order chi connectivity index (χ0) is 17.3. The van der Waals surface area contributed by atoms with Gasteiger partial charge < -0.3 is 15.4 Å². The number of para-hydroxylation sites is 1. The van der Waals surface area contributed by atoms with Crippen molar-refractivity contribution >= 4 is 34.7 Å². The van der Waals surface area contributed by atoms with Gasteiger partial charge in [-0.25, -0.2) is 0 Å². The molecule has 0 aromatic heterocycles. The minimum atomic E-state index is -0.357. The highest BCUT2D eigenvalue weighted by atomic mass is 32.2. The summed E-state index contributed by atoms with van der Waals surface area (Å²) in [5, 5.41) is 1.94. The first kappa shape index (κ1) is 16.9. The number of hydrogen-bond acceptors (Lipinski definition) is 6. The summed E-state index contributed by atoms with van der Waals surface area (Å²) in [5.74, 6) is 0.410. The van der Waals surface area contributed by atoms with Crippen molar-refractivity contribution in [2.24, 2.45) is 5.73 Å². The quantitative estimate of drug-likeness (QED) is 0.813. The van der Waals surface area contributed by atoms with Crippen LogP contribution < -0.4 is 20.7 Å². The van der Waals surface area contributed by atoms with Gasteiger partial charge in [0.15, 0.2) is 0 Å². The van der Waals surface area contributed by atoms with Gasteiger partial charge in [0.25, 0.3) is 11.1 Å². The number of benzene rings is 1. The molecule has 128 valence electrons. The molecule has 0 aliphatic carbocycles. The zero-order valence-corrected chi connectivity index (χ0v) is 14.6. The number of anilines is 1. The Morgan fingerprint density at radius 2 is 2.21 bits per heavy atom. The molecule has 0 unspecified atom stereocenters. The maximum Gasteiger partial charge on any atom is 0.290 e. The SMILES string of the molecule is CC(C)Oc1cccc(/C=C2\SC(=O)NC2=O)c1N1CC[C@H](N)C1. The standard InChI is InChI=1S/C17H21N3O3S/c1-10(2)23-13-5-3-4-11(8-14-16(21)19-17(22)24-14)15(13)20-7-6-12(18)9-20/h3-5,8,10,12H,6-7,9,18H2,1-2H3,(H,19,21,22)/b14-8-/t12-/m0/s1. The van der Waals surface area contributed by atoms with Gasteiger partial charge in [-0.2, -0.15) is 0 Å². The zero-order valence-electron chi connectivity index (χ0n) is 13.7. The van der Waals surface area contributed by atoms with Gasteiger partial charge in [0, 0.05) is 24.7 Å². The van der Waals surface area contributed by atoms with E-state index in [1.807, 2.05) is 32.0 Å². The predicted molar refractivity (Wildman–Crippen MR) is 96.1 cm³/mol. The molecule has 2 saturated heterocycles. The van der Waals surface area contributed by atoms with Crippen LogP contribution in [0.5, 0.6) is 5.75 Å². The Bertz CT molecular complexity index is 702. The van der Waals surface area contributed by atoms with E-state index >= 15 is 0 Å². The van der Waals surface area contributed by atoms with Gasteiger partial charge in [-0.1, -0.05) is 12.1 Å². The topological polar surface area (TPSA) is 84.7 Å². The van der Waals surface area contributed by atoms with Crippen LogP contribution >= 0.6 is 11.8 Å². The fraction of sp³-hybridized carbons (Fsp3) is 0.412. The van der Waals surface area contributed by atoms with Gasteiger partial charge in [0.2, 0.25) is 0 Å². The Morgan fingerprint density at radius 1 is 1.42 bits per heavy atom. The third-order valence-corrected chi connectivity index (χ3v) is 4.67. The fourth-order valence-electron chi connectivity index (χ4n) is 2.90. The Hall–Kier alpha value is -1.99. The molecular weight excluding hydrogens is 326 g/mol. The first-order valence-corrected chi connectivity index (χ1v) is 8.80. The molecule has 2 amide bonds. The molecule has 2 aliphatic heterocycles. The number of thioether (sulfide) groups is 1. The van der Waals surface area contributed by atoms with Gasteiger partial charge in [0.05, 0.1) is 16.7 Å². The molecule has 0 bridgehead atoms. The number of nitrogens with zero attached hydrogens (tertiary/aromatic N) is 1. The van der Waals surface area contributed by atoms with Crippen molar-refractivity contribution in [2.45, 2.75) is 32.4 Å². The van der Waals surface area contributed by atoms with E-state index in [1.165, 1.54) is 0 Å². The highest BCUT2D eigenvalue weighted by Gasteiger charge is 2.28. The van der Waals surface area contributed by atoms with Crippen LogP contribution in [-0.4, -0.2) is 36.4 Å². The van der Waals surface area contributed by atoms with Gasteiger partial charge in [-0.15, -0.1) is 0 Å². The maximum atomic E-state index is 11.9. The molecule has 0 saturated carbocycles. The number of nitrogens with two attached hydrogens (primary N) is 1. The number of ether oxygens (including phenoxy) is 1. The van der Waals surface area contributed by atoms with Gasteiger partial charge in [0.1, 0.15) is 5.75 Å². The summed E-state index contributed by atoms with van der Waals surface area (Å²) in [7, 11) is 0. The van der Waals surface area contributed by atoms with Gasteiger partial charge in [-0.3, -0.25) is 14.9 Å². The molecule has 2 aliphatic rings. The number of imide groups is 1. The summed E-state index contributed by atoms with van der Waals surface area (Å²) in [6.45, 7) is 5.54. The molecule has 2 fully saturated rings. The number of rotatable bonds is 4. The fourth-order valence-corrected chi connectivity index (χ4v) is 3.57. The van der Waals surface area contributed by atoms with Crippen molar-refractivity contribution in [3.8, 4) is 5.75 Å². The van der Waals surface area contributed by atoms with Crippen LogP contribution in [0.25, 0.3) is 6.08 Å². The molecule has 3 N–H and O–H groups in total. The van der Waals surface area contributed by atoms with Crippen LogP contribution in [0.4, 0.5) is 10.5 Å². The molecule has 0 radical (unpaired) electrons. The molecular formula is C17H21N3O3S. The summed E-state index contributed by atoms with van der Waals surface area (Å²) < 4.78 is 5.96. The molecule has 1 atom stereocenters. The second-order valence-corrected chi connectivity index (χ2v) is 7.22. The van der Waals surface area contributed by atoms with Crippen molar-refractivity contribution in [1.29, 1.82) is 0 Å². The molecule has 2 heterocycles. The Labute approximate surface area is 145 Å². The van der Waals surface area contributed by atoms with E-state index in [0.717, 1.165) is 48.3 Å². The number of hydrogen-bond donors (Lipinski definition) is 2. The minimum Gasteiger partial charge on any atom is -0.489 e. The van der Waals surface area contributed by atoms with E-state index < -0.39 is 0 Å². The number of carbonyl (C=O) groups is 2. The lowest BCUT2D eigenvalue weighted by Crippen LogP contribution is -2.27. The van der Waals surface area contributed by atoms with Crippen LogP contribution in [0.15, 0.2) is 23.1 Å². The summed E-state index contributed by atoms with van der Waals surface area (Å²) in [6, 6.07) is 5.87. The van der Waals surface area contributed by atoms with Gasteiger partial charge >= 0.3 is 0 Å². The predicted octanol–water partition coefficient (Wildman–Crippen LogP) is 2.34. The van der Waals surface area contributed by atoms with E-state index in [0.29, 0.717) is 4.91 Å². The second kappa shape index (κ2) is 6.86. The maximum absolute atomic E-state index is 11.9. The Kier molecular flexibility index (Phi) is 4.82. The smallest absolute Gasteiger partial charge is 0.290 e. The number of nitrogens with one attached hydrogen (secondary N) is 1. The average Bonchev–Trinajstić information content (AvgIpc) is 3.04. The normalized spacial score (nSPS) is 22.6. The van der Waals surface area contributed by atoms with Crippen molar-refractivity contribution in [2.75, 3.05) is 18.0 Å². The van der Waals surface area contributed by atoms with Crippen LogP contribution in [0.3, 0.4) is 0 Å². The van der Waals surface area contributed by atoms with Gasteiger partial charge in [-0.05, 0) is 44.2 Å². The molecule has 1 aromatic rings. The highest BCUT2D eigenvalue weighted by molar-refractivity contribution is 8.18.